The Balaban J connectivity index is 2.03. The van der Waals surface area contributed by atoms with Gasteiger partial charge in [-0.15, -0.1) is 0 Å². The van der Waals surface area contributed by atoms with Crippen molar-refractivity contribution >= 4 is 0 Å². The van der Waals surface area contributed by atoms with Crippen LogP contribution in [0.1, 0.15) is 39.5 Å². The molecule has 1 heterocycles. The van der Waals surface area contributed by atoms with E-state index in [2.05, 4.69) is 0 Å². The number of fused-ring (bicyclic) bond motifs is 1. The van der Waals surface area contributed by atoms with E-state index in [9.17, 15) is 0 Å². The van der Waals surface area contributed by atoms with Crippen LogP contribution in [-0.4, -0.2) is 24.8 Å². The molecule has 1 aliphatic heterocycles. The SMILES string of the molecule is CCOC12CCCCC1(OCC)O2. The molecule has 2 aliphatic rings. The maximum absolute atomic E-state index is 5.69. The molecule has 3 heteroatoms. The average Bonchev–Trinajstić information content (AvgIpc) is 2.74. The number of ether oxygens (including phenoxy) is 3. The van der Waals surface area contributed by atoms with Crippen molar-refractivity contribution in [2.24, 2.45) is 0 Å². The Labute approximate surface area is 79.4 Å². The molecule has 3 nitrogen and oxygen atoms in total. The highest BCUT2D eigenvalue weighted by atomic mass is 16.9. The molecule has 2 atom stereocenters. The normalized spacial score (nSPS) is 42.9. The van der Waals surface area contributed by atoms with Gasteiger partial charge in [0, 0.05) is 26.1 Å². The molecule has 0 bridgehead atoms. The molecular weight excluding hydrogens is 168 g/mol. The highest BCUT2D eigenvalue weighted by molar-refractivity contribution is 5.06. The predicted octanol–water partition coefficient (Wildman–Crippen LogP) is 2.06. The first-order valence-electron chi connectivity index (χ1n) is 5.27. The van der Waals surface area contributed by atoms with Gasteiger partial charge in [-0.05, 0) is 26.7 Å². The quantitative estimate of drug-likeness (QED) is 0.630. The summed E-state index contributed by atoms with van der Waals surface area (Å²) < 4.78 is 17.0. The Morgan fingerprint density at radius 3 is 1.85 bits per heavy atom. The van der Waals surface area contributed by atoms with Crippen LogP contribution in [0, 0.1) is 0 Å². The second-order valence-electron chi connectivity index (χ2n) is 3.68. The first kappa shape index (κ1) is 9.44. The predicted molar refractivity (Wildman–Crippen MR) is 48.3 cm³/mol. The van der Waals surface area contributed by atoms with Crippen LogP contribution in [0.15, 0.2) is 0 Å². The van der Waals surface area contributed by atoms with E-state index >= 15 is 0 Å². The number of epoxide rings is 1. The molecule has 1 saturated carbocycles. The van der Waals surface area contributed by atoms with Crippen molar-refractivity contribution in [3.63, 3.8) is 0 Å². The molecule has 76 valence electrons. The van der Waals surface area contributed by atoms with E-state index in [1.165, 1.54) is 12.8 Å². The fourth-order valence-electron chi connectivity index (χ4n) is 2.33. The Kier molecular flexibility index (Phi) is 2.34. The lowest BCUT2D eigenvalue weighted by Gasteiger charge is -2.23. The van der Waals surface area contributed by atoms with E-state index in [0.29, 0.717) is 13.2 Å². The Hall–Kier alpha value is -0.120. The smallest absolute Gasteiger partial charge is 0.226 e. The summed E-state index contributed by atoms with van der Waals surface area (Å²) >= 11 is 0. The van der Waals surface area contributed by atoms with Crippen molar-refractivity contribution in [1.82, 2.24) is 0 Å². The van der Waals surface area contributed by atoms with Crippen molar-refractivity contribution in [1.29, 1.82) is 0 Å². The van der Waals surface area contributed by atoms with Crippen LogP contribution in [0.4, 0.5) is 0 Å². The lowest BCUT2D eigenvalue weighted by molar-refractivity contribution is -0.0860. The molecular formula is C10H18O3. The molecule has 0 spiro atoms. The topological polar surface area (TPSA) is 31.0 Å². The molecule has 2 fully saturated rings. The summed E-state index contributed by atoms with van der Waals surface area (Å²) in [5.41, 5.74) is 0. The lowest BCUT2D eigenvalue weighted by atomic mass is 9.94. The summed E-state index contributed by atoms with van der Waals surface area (Å²) in [5.74, 6) is -0.758. The van der Waals surface area contributed by atoms with Crippen molar-refractivity contribution in [2.75, 3.05) is 13.2 Å². The Morgan fingerprint density at radius 2 is 1.46 bits per heavy atom. The highest BCUT2D eigenvalue weighted by Gasteiger charge is 2.73. The van der Waals surface area contributed by atoms with Crippen molar-refractivity contribution in [3.8, 4) is 0 Å². The Morgan fingerprint density at radius 1 is 1.00 bits per heavy atom. The number of rotatable bonds is 4. The van der Waals surface area contributed by atoms with Crippen LogP contribution in [0.2, 0.25) is 0 Å². The zero-order valence-electron chi connectivity index (χ0n) is 8.47. The molecule has 0 radical (unpaired) electrons. The third-order valence-corrected chi connectivity index (χ3v) is 2.89. The third kappa shape index (κ3) is 1.30. The summed E-state index contributed by atoms with van der Waals surface area (Å²) in [5, 5.41) is 0. The van der Waals surface area contributed by atoms with Crippen molar-refractivity contribution < 1.29 is 14.2 Å². The summed E-state index contributed by atoms with van der Waals surface area (Å²) in [4.78, 5) is 0. The molecule has 13 heavy (non-hydrogen) atoms. The van der Waals surface area contributed by atoms with Crippen LogP contribution in [0.5, 0.6) is 0 Å². The van der Waals surface area contributed by atoms with Gasteiger partial charge in [-0.3, -0.25) is 0 Å². The van der Waals surface area contributed by atoms with Gasteiger partial charge in [0.2, 0.25) is 11.6 Å². The molecule has 0 aromatic rings. The van der Waals surface area contributed by atoms with Crippen molar-refractivity contribution in [2.45, 2.75) is 51.1 Å². The minimum atomic E-state index is -0.379. The summed E-state index contributed by atoms with van der Waals surface area (Å²) in [6.07, 6.45) is 4.35. The van der Waals surface area contributed by atoms with Crippen LogP contribution >= 0.6 is 0 Å². The van der Waals surface area contributed by atoms with E-state index in [0.717, 1.165) is 12.8 Å². The van der Waals surface area contributed by atoms with E-state index in [1.54, 1.807) is 0 Å². The minimum absolute atomic E-state index is 0.379. The summed E-state index contributed by atoms with van der Waals surface area (Å²) in [6, 6.07) is 0. The van der Waals surface area contributed by atoms with Gasteiger partial charge < -0.3 is 14.2 Å². The molecule has 1 saturated heterocycles. The second-order valence-corrected chi connectivity index (χ2v) is 3.68. The van der Waals surface area contributed by atoms with Gasteiger partial charge in [0.1, 0.15) is 0 Å². The lowest BCUT2D eigenvalue weighted by Crippen LogP contribution is -2.34. The highest BCUT2D eigenvalue weighted by Crippen LogP contribution is 2.58. The maximum atomic E-state index is 5.69. The maximum Gasteiger partial charge on any atom is 0.226 e. The minimum Gasteiger partial charge on any atom is -0.346 e. The Bertz CT molecular complexity index is 167. The van der Waals surface area contributed by atoms with E-state index in [4.69, 9.17) is 14.2 Å². The summed E-state index contributed by atoms with van der Waals surface area (Å²) in [7, 11) is 0. The van der Waals surface area contributed by atoms with Gasteiger partial charge in [-0.25, -0.2) is 0 Å². The molecule has 1 aliphatic carbocycles. The zero-order valence-corrected chi connectivity index (χ0v) is 8.47. The van der Waals surface area contributed by atoms with Gasteiger partial charge in [0.15, 0.2) is 0 Å². The van der Waals surface area contributed by atoms with Crippen LogP contribution < -0.4 is 0 Å². The number of hydrogen-bond donors (Lipinski definition) is 0. The fourth-order valence-corrected chi connectivity index (χ4v) is 2.33. The zero-order chi connectivity index (χ0) is 9.36. The van der Waals surface area contributed by atoms with Crippen LogP contribution in [0.25, 0.3) is 0 Å². The third-order valence-electron chi connectivity index (χ3n) is 2.89. The number of hydrogen-bond acceptors (Lipinski definition) is 3. The van der Waals surface area contributed by atoms with Crippen molar-refractivity contribution in [3.05, 3.63) is 0 Å². The second kappa shape index (κ2) is 3.23. The summed E-state index contributed by atoms with van der Waals surface area (Å²) in [6.45, 7) is 5.41. The van der Waals surface area contributed by atoms with E-state index in [1.807, 2.05) is 13.8 Å². The fraction of sp³-hybridized carbons (Fsp3) is 1.00. The first-order valence-corrected chi connectivity index (χ1v) is 5.27. The van der Waals surface area contributed by atoms with E-state index < -0.39 is 0 Å². The van der Waals surface area contributed by atoms with Gasteiger partial charge in [-0.2, -0.15) is 0 Å². The molecule has 2 unspecified atom stereocenters. The molecule has 0 amide bonds. The van der Waals surface area contributed by atoms with Gasteiger partial charge in [0.25, 0.3) is 0 Å². The first-order chi connectivity index (χ1) is 6.29. The van der Waals surface area contributed by atoms with Crippen LogP contribution in [-0.2, 0) is 14.2 Å². The largest absolute Gasteiger partial charge is 0.346 e. The van der Waals surface area contributed by atoms with Crippen LogP contribution in [0.3, 0.4) is 0 Å². The van der Waals surface area contributed by atoms with E-state index in [-0.39, 0.29) is 11.6 Å². The monoisotopic (exact) mass is 186 g/mol. The standard InChI is InChI=1S/C10H18O3/c1-3-11-9-7-5-6-8-10(9,13-9)12-4-2/h3-8H2,1-2H3. The van der Waals surface area contributed by atoms with Gasteiger partial charge in [-0.1, -0.05) is 0 Å². The molecule has 2 rings (SSSR count). The molecule has 0 aromatic carbocycles. The average molecular weight is 186 g/mol. The molecule has 0 N–H and O–H groups in total. The molecule has 0 aromatic heterocycles. The van der Waals surface area contributed by atoms with Gasteiger partial charge in [0.05, 0.1) is 0 Å². The van der Waals surface area contributed by atoms with Gasteiger partial charge >= 0.3 is 0 Å².